The number of urea groups is 1. The third-order valence-electron chi connectivity index (χ3n) is 5.35. The van der Waals surface area contributed by atoms with E-state index >= 15 is 0 Å². The number of hydrogen-bond donors (Lipinski definition) is 2. The predicted molar refractivity (Wildman–Crippen MR) is 112 cm³/mol. The number of methoxy groups -OCH3 is 1. The van der Waals surface area contributed by atoms with Crippen molar-refractivity contribution in [1.82, 2.24) is 20.4 Å². The SMILES string of the molecule is COC(=O)[C@H]1CCCN1C(=O)[C@@H]1C[C@H](NC(=O)NC(C)C)CN1C(=O)CC(C)(C)C. The van der Waals surface area contributed by atoms with E-state index in [-0.39, 0.29) is 41.9 Å². The predicted octanol–water partition coefficient (Wildman–Crippen LogP) is 1.26. The van der Waals surface area contributed by atoms with Crippen LogP contribution in [0.1, 0.15) is 60.3 Å². The van der Waals surface area contributed by atoms with Crippen LogP contribution in [0.25, 0.3) is 0 Å². The second-order valence-corrected chi connectivity index (χ2v) is 9.72. The van der Waals surface area contributed by atoms with E-state index in [2.05, 4.69) is 10.6 Å². The molecule has 2 aliphatic rings. The first-order valence-electron chi connectivity index (χ1n) is 10.7. The Bertz CT molecular complexity index is 673. The number of nitrogens with zero attached hydrogens (tertiary/aromatic N) is 2. The molecule has 2 rings (SSSR count). The highest BCUT2D eigenvalue weighted by Gasteiger charge is 2.45. The highest BCUT2D eigenvalue weighted by Crippen LogP contribution is 2.28. The van der Waals surface area contributed by atoms with Crippen molar-refractivity contribution in [3.63, 3.8) is 0 Å². The second-order valence-electron chi connectivity index (χ2n) is 9.72. The first-order valence-corrected chi connectivity index (χ1v) is 10.7. The van der Waals surface area contributed by atoms with Crippen LogP contribution in [-0.4, -0.2) is 78.0 Å². The number of rotatable bonds is 5. The van der Waals surface area contributed by atoms with Crippen LogP contribution in [0, 0.1) is 5.41 Å². The smallest absolute Gasteiger partial charge is 0.328 e. The van der Waals surface area contributed by atoms with Crippen LogP contribution >= 0.6 is 0 Å². The number of esters is 1. The van der Waals surface area contributed by atoms with Crippen LogP contribution in [0.4, 0.5) is 4.79 Å². The summed E-state index contributed by atoms with van der Waals surface area (Å²) in [4.78, 5) is 53.7. The van der Waals surface area contributed by atoms with Crippen LogP contribution < -0.4 is 10.6 Å². The molecular weight excluding hydrogens is 388 g/mol. The van der Waals surface area contributed by atoms with Crippen LogP contribution in [0.2, 0.25) is 0 Å². The zero-order valence-electron chi connectivity index (χ0n) is 19.0. The highest BCUT2D eigenvalue weighted by atomic mass is 16.5. The van der Waals surface area contributed by atoms with E-state index in [1.165, 1.54) is 12.0 Å². The molecule has 4 amide bonds. The third kappa shape index (κ3) is 6.09. The number of likely N-dealkylation sites (tertiary alicyclic amines) is 2. The Morgan fingerprint density at radius 2 is 1.77 bits per heavy atom. The van der Waals surface area contributed by atoms with Gasteiger partial charge in [-0.25, -0.2) is 9.59 Å². The van der Waals surface area contributed by atoms with E-state index in [4.69, 9.17) is 4.74 Å². The molecule has 0 spiro atoms. The summed E-state index contributed by atoms with van der Waals surface area (Å²) in [6.07, 6.45) is 1.89. The summed E-state index contributed by atoms with van der Waals surface area (Å²) in [6.45, 7) is 10.4. The molecule has 2 aliphatic heterocycles. The normalized spacial score (nSPS) is 24.2. The summed E-state index contributed by atoms with van der Waals surface area (Å²) < 4.78 is 4.85. The maximum absolute atomic E-state index is 13.4. The minimum Gasteiger partial charge on any atom is -0.467 e. The van der Waals surface area contributed by atoms with Gasteiger partial charge in [0.05, 0.1) is 13.2 Å². The van der Waals surface area contributed by atoms with Gasteiger partial charge in [-0.3, -0.25) is 9.59 Å². The van der Waals surface area contributed by atoms with E-state index in [1.54, 1.807) is 4.90 Å². The van der Waals surface area contributed by atoms with Gasteiger partial charge >= 0.3 is 12.0 Å². The number of carbonyl (C=O) groups is 4. The average Bonchev–Trinajstić information content (AvgIpc) is 3.25. The first-order chi connectivity index (χ1) is 13.9. The summed E-state index contributed by atoms with van der Waals surface area (Å²) in [5.74, 6) is -0.806. The van der Waals surface area contributed by atoms with Crippen molar-refractivity contribution in [2.45, 2.75) is 84.5 Å². The lowest BCUT2D eigenvalue weighted by Gasteiger charge is -2.31. The number of carbonyl (C=O) groups excluding carboxylic acids is 4. The molecule has 0 saturated carbocycles. The van der Waals surface area contributed by atoms with Gasteiger partial charge in [0, 0.05) is 25.6 Å². The molecule has 170 valence electrons. The number of hydrogen-bond acceptors (Lipinski definition) is 5. The second kappa shape index (κ2) is 9.66. The zero-order valence-corrected chi connectivity index (χ0v) is 19.0. The number of amides is 4. The molecule has 2 N–H and O–H groups in total. The maximum Gasteiger partial charge on any atom is 0.328 e. The van der Waals surface area contributed by atoms with Crippen molar-refractivity contribution in [3.8, 4) is 0 Å². The van der Waals surface area contributed by atoms with Gasteiger partial charge in [-0.2, -0.15) is 0 Å². The molecule has 30 heavy (non-hydrogen) atoms. The Balaban J connectivity index is 2.19. The minimum atomic E-state index is -0.700. The summed E-state index contributed by atoms with van der Waals surface area (Å²) in [5.41, 5.74) is -0.229. The fraction of sp³-hybridized carbons (Fsp3) is 0.810. The lowest BCUT2D eigenvalue weighted by atomic mass is 9.91. The van der Waals surface area contributed by atoms with Crippen LogP contribution in [0.5, 0.6) is 0 Å². The lowest BCUT2D eigenvalue weighted by molar-refractivity contribution is -0.153. The summed E-state index contributed by atoms with van der Waals surface area (Å²) in [6, 6.07) is -1.98. The molecule has 0 unspecified atom stereocenters. The van der Waals surface area contributed by atoms with Crippen LogP contribution in [-0.2, 0) is 19.1 Å². The molecule has 0 radical (unpaired) electrons. The molecule has 0 aromatic rings. The molecule has 0 bridgehead atoms. The molecule has 2 saturated heterocycles. The van der Waals surface area contributed by atoms with Crippen molar-refractivity contribution in [2.24, 2.45) is 5.41 Å². The quantitative estimate of drug-likeness (QED) is 0.646. The van der Waals surface area contributed by atoms with E-state index < -0.39 is 18.1 Å². The largest absolute Gasteiger partial charge is 0.467 e. The molecule has 0 aliphatic carbocycles. The van der Waals surface area contributed by atoms with Gasteiger partial charge in [0.15, 0.2) is 0 Å². The number of nitrogens with one attached hydrogen (secondary N) is 2. The fourth-order valence-electron chi connectivity index (χ4n) is 4.10. The van der Waals surface area contributed by atoms with Crippen molar-refractivity contribution >= 4 is 23.8 Å². The molecule has 0 aromatic heterocycles. The molecule has 9 heteroatoms. The van der Waals surface area contributed by atoms with E-state index in [0.717, 1.165) is 0 Å². The van der Waals surface area contributed by atoms with Gasteiger partial charge in [-0.1, -0.05) is 20.8 Å². The van der Waals surface area contributed by atoms with Crippen molar-refractivity contribution < 1.29 is 23.9 Å². The fourth-order valence-corrected chi connectivity index (χ4v) is 4.10. The van der Waals surface area contributed by atoms with E-state index in [1.807, 2.05) is 34.6 Å². The molecule has 3 atom stereocenters. The molecule has 0 aromatic carbocycles. The molecule has 2 fully saturated rings. The van der Waals surface area contributed by atoms with Crippen molar-refractivity contribution in [1.29, 1.82) is 0 Å². The topological polar surface area (TPSA) is 108 Å². The minimum absolute atomic E-state index is 0.0205. The third-order valence-corrected chi connectivity index (χ3v) is 5.35. The van der Waals surface area contributed by atoms with Crippen molar-refractivity contribution in [2.75, 3.05) is 20.2 Å². The maximum atomic E-state index is 13.4. The van der Waals surface area contributed by atoms with Gasteiger partial charge in [0.1, 0.15) is 12.1 Å². The van der Waals surface area contributed by atoms with Gasteiger partial charge < -0.3 is 25.2 Å². The van der Waals surface area contributed by atoms with E-state index in [0.29, 0.717) is 32.2 Å². The Kier molecular flexibility index (Phi) is 7.71. The summed E-state index contributed by atoms with van der Waals surface area (Å²) >= 11 is 0. The molecule has 9 nitrogen and oxygen atoms in total. The lowest BCUT2D eigenvalue weighted by Crippen LogP contribution is -2.51. The van der Waals surface area contributed by atoms with Gasteiger partial charge in [0.2, 0.25) is 11.8 Å². The average molecular weight is 425 g/mol. The van der Waals surface area contributed by atoms with Crippen molar-refractivity contribution in [3.05, 3.63) is 0 Å². The van der Waals surface area contributed by atoms with Crippen LogP contribution in [0.15, 0.2) is 0 Å². The van der Waals surface area contributed by atoms with Gasteiger partial charge in [-0.05, 0) is 38.5 Å². The Hall–Kier alpha value is -2.32. The zero-order chi connectivity index (χ0) is 22.6. The summed E-state index contributed by atoms with van der Waals surface area (Å²) in [5, 5.41) is 5.64. The Morgan fingerprint density at radius 1 is 1.10 bits per heavy atom. The molecule has 2 heterocycles. The Morgan fingerprint density at radius 3 is 2.33 bits per heavy atom. The monoisotopic (exact) mass is 424 g/mol. The van der Waals surface area contributed by atoms with E-state index in [9.17, 15) is 19.2 Å². The van der Waals surface area contributed by atoms with Gasteiger partial charge in [-0.15, -0.1) is 0 Å². The highest BCUT2D eigenvalue weighted by molar-refractivity contribution is 5.92. The van der Waals surface area contributed by atoms with Gasteiger partial charge in [0.25, 0.3) is 0 Å². The Labute approximate surface area is 178 Å². The standard InChI is InChI=1S/C21H36N4O5/c1-13(2)22-20(29)23-14-10-16(25(12-14)17(26)11-21(3,4)5)18(27)24-9-7-8-15(24)19(28)30-6/h13-16H,7-12H2,1-6H3,(H2,22,23,29)/t14-,15+,16-/m0/s1. The molecular formula is C21H36N4O5. The number of ether oxygens (including phenoxy) is 1. The summed E-state index contributed by atoms with van der Waals surface area (Å²) in [7, 11) is 1.31. The van der Waals surface area contributed by atoms with Crippen LogP contribution in [0.3, 0.4) is 0 Å². The first kappa shape index (κ1) is 24.0.